The van der Waals surface area contributed by atoms with Crippen molar-refractivity contribution in [3.63, 3.8) is 0 Å². The van der Waals surface area contributed by atoms with Crippen molar-refractivity contribution in [3.8, 4) is 6.07 Å². The Morgan fingerprint density at radius 1 is 1.16 bits per heavy atom. The van der Waals surface area contributed by atoms with Crippen LogP contribution >= 0.6 is 0 Å². The van der Waals surface area contributed by atoms with Gasteiger partial charge in [-0.15, -0.1) is 0 Å². The summed E-state index contributed by atoms with van der Waals surface area (Å²) in [5.74, 6) is 0.206. The van der Waals surface area contributed by atoms with Crippen molar-refractivity contribution >= 4 is 0 Å². The van der Waals surface area contributed by atoms with Crippen molar-refractivity contribution in [3.05, 3.63) is 35.4 Å². The minimum absolute atomic E-state index is 0.206. The largest absolute Gasteiger partial charge is 0.298 e. The molecule has 0 radical (unpaired) electrons. The van der Waals surface area contributed by atoms with Crippen molar-refractivity contribution in [2.24, 2.45) is 5.92 Å². The van der Waals surface area contributed by atoms with E-state index in [0.29, 0.717) is 6.04 Å². The second-order valence-corrected chi connectivity index (χ2v) is 5.84. The van der Waals surface area contributed by atoms with Crippen LogP contribution in [0.25, 0.3) is 0 Å². The van der Waals surface area contributed by atoms with Crippen molar-refractivity contribution in [2.45, 2.75) is 51.6 Å². The fourth-order valence-electron chi connectivity index (χ4n) is 3.06. The zero-order chi connectivity index (χ0) is 13.7. The van der Waals surface area contributed by atoms with Crippen LogP contribution in [0.15, 0.2) is 24.3 Å². The molecule has 19 heavy (non-hydrogen) atoms. The Morgan fingerprint density at radius 3 is 2.53 bits per heavy atom. The lowest BCUT2D eigenvalue weighted by atomic mass is 9.95. The maximum atomic E-state index is 9.36. The van der Waals surface area contributed by atoms with Gasteiger partial charge >= 0.3 is 0 Å². The molecule has 1 saturated carbocycles. The van der Waals surface area contributed by atoms with E-state index in [1.165, 1.54) is 36.8 Å². The van der Waals surface area contributed by atoms with Gasteiger partial charge in [0, 0.05) is 12.6 Å². The van der Waals surface area contributed by atoms with Crippen molar-refractivity contribution in [1.29, 1.82) is 5.26 Å². The lowest BCUT2D eigenvalue weighted by Gasteiger charge is -2.30. The van der Waals surface area contributed by atoms with E-state index < -0.39 is 0 Å². The normalized spacial score (nSPS) is 23.9. The van der Waals surface area contributed by atoms with Gasteiger partial charge in [0.05, 0.1) is 12.0 Å². The van der Waals surface area contributed by atoms with Crippen LogP contribution in [-0.4, -0.2) is 18.0 Å². The SMILES string of the molecule is Cc1ccc(CN(C)C2CCCCCC2C#N)cc1. The monoisotopic (exact) mass is 256 g/mol. The molecule has 0 spiro atoms. The van der Waals surface area contributed by atoms with E-state index in [1.54, 1.807) is 0 Å². The molecule has 1 aromatic carbocycles. The number of hydrogen-bond donors (Lipinski definition) is 0. The zero-order valence-corrected chi connectivity index (χ0v) is 12.1. The summed E-state index contributed by atoms with van der Waals surface area (Å²) in [6.45, 7) is 3.06. The summed E-state index contributed by atoms with van der Waals surface area (Å²) in [7, 11) is 2.17. The van der Waals surface area contributed by atoms with E-state index in [2.05, 4.69) is 49.2 Å². The van der Waals surface area contributed by atoms with E-state index in [9.17, 15) is 5.26 Å². The molecule has 0 aromatic heterocycles. The third-order valence-electron chi connectivity index (χ3n) is 4.26. The van der Waals surface area contributed by atoms with Crippen LogP contribution in [0, 0.1) is 24.2 Å². The minimum Gasteiger partial charge on any atom is -0.298 e. The summed E-state index contributed by atoms with van der Waals surface area (Å²) in [6, 6.07) is 11.7. The van der Waals surface area contributed by atoms with Gasteiger partial charge in [0.25, 0.3) is 0 Å². The van der Waals surface area contributed by atoms with Gasteiger partial charge in [-0.2, -0.15) is 5.26 Å². The molecule has 0 N–H and O–H groups in total. The Labute approximate surface area is 117 Å². The number of benzene rings is 1. The number of nitrogens with zero attached hydrogens (tertiary/aromatic N) is 2. The highest BCUT2D eigenvalue weighted by atomic mass is 15.1. The highest BCUT2D eigenvalue weighted by molar-refractivity contribution is 5.21. The van der Waals surface area contributed by atoms with Gasteiger partial charge in [0.2, 0.25) is 0 Å². The number of aryl methyl sites for hydroxylation is 1. The molecule has 1 aliphatic rings. The maximum Gasteiger partial charge on any atom is 0.0672 e. The molecular weight excluding hydrogens is 232 g/mol. The Balaban J connectivity index is 2.02. The van der Waals surface area contributed by atoms with E-state index in [4.69, 9.17) is 0 Å². The van der Waals surface area contributed by atoms with E-state index in [-0.39, 0.29) is 5.92 Å². The lowest BCUT2D eigenvalue weighted by Crippen LogP contribution is -2.36. The predicted octanol–water partition coefficient (Wildman–Crippen LogP) is 3.90. The van der Waals surface area contributed by atoms with Gasteiger partial charge in [-0.25, -0.2) is 0 Å². The average molecular weight is 256 g/mol. The van der Waals surface area contributed by atoms with E-state index in [0.717, 1.165) is 13.0 Å². The molecule has 0 bridgehead atoms. The molecule has 0 aliphatic heterocycles. The smallest absolute Gasteiger partial charge is 0.0672 e. The predicted molar refractivity (Wildman–Crippen MR) is 78.6 cm³/mol. The van der Waals surface area contributed by atoms with Crippen LogP contribution < -0.4 is 0 Å². The second kappa shape index (κ2) is 6.73. The Hall–Kier alpha value is -1.33. The standard InChI is InChI=1S/C17H24N2/c1-14-8-10-15(11-9-14)13-19(2)17-7-5-3-4-6-16(17)12-18/h8-11,16-17H,3-7,13H2,1-2H3. The van der Waals surface area contributed by atoms with E-state index in [1.807, 2.05) is 0 Å². The number of nitriles is 1. The van der Waals surface area contributed by atoms with Crippen LogP contribution in [0.1, 0.15) is 43.2 Å². The summed E-state index contributed by atoms with van der Waals surface area (Å²) in [6.07, 6.45) is 6.00. The number of hydrogen-bond acceptors (Lipinski definition) is 2. The number of rotatable bonds is 3. The Kier molecular flexibility index (Phi) is 4.99. The molecule has 0 amide bonds. The summed E-state index contributed by atoms with van der Waals surface area (Å²) < 4.78 is 0. The third-order valence-corrected chi connectivity index (χ3v) is 4.26. The Bertz CT molecular complexity index is 430. The minimum atomic E-state index is 0.206. The van der Waals surface area contributed by atoms with Gasteiger partial charge in [-0.3, -0.25) is 4.90 Å². The second-order valence-electron chi connectivity index (χ2n) is 5.84. The van der Waals surface area contributed by atoms with Crippen molar-refractivity contribution in [2.75, 3.05) is 7.05 Å². The van der Waals surface area contributed by atoms with Gasteiger partial charge in [-0.05, 0) is 32.4 Å². The first kappa shape index (κ1) is 14.1. The molecule has 102 valence electrons. The highest BCUT2D eigenvalue weighted by Gasteiger charge is 2.26. The lowest BCUT2D eigenvalue weighted by molar-refractivity contribution is 0.183. The summed E-state index contributed by atoms with van der Waals surface area (Å²) in [4.78, 5) is 2.38. The van der Waals surface area contributed by atoms with Crippen molar-refractivity contribution < 1.29 is 0 Å². The highest BCUT2D eigenvalue weighted by Crippen LogP contribution is 2.27. The van der Waals surface area contributed by atoms with Gasteiger partial charge in [0.1, 0.15) is 0 Å². The molecule has 2 rings (SSSR count). The molecule has 0 saturated heterocycles. The molecule has 1 fully saturated rings. The molecule has 2 atom stereocenters. The van der Waals surface area contributed by atoms with Crippen LogP contribution in [0.3, 0.4) is 0 Å². The average Bonchev–Trinajstić information content (AvgIpc) is 2.66. The van der Waals surface area contributed by atoms with Crippen LogP contribution in [0.5, 0.6) is 0 Å². The first-order valence-corrected chi connectivity index (χ1v) is 7.36. The fourth-order valence-corrected chi connectivity index (χ4v) is 3.06. The van der Waals surface area contributed by atoms with Gasteiger partial charge < -0.3 is 0 Å². The fraction of sp³-hybridized carbons (Fsp3) is 0.588. The third kappa shape index (κ3) is 3.81. The maximum absolute atomic E-state index is 9.36. The molecule has 2 unspecified atom stereocenters. The van der Waals surface area contributed by atoms with Gasteiger partial charge in [-0.1, -0.05) is 49.1 Å². The molecular formula is C17H24N2. The quantitative estimate of drug-likeness (QED) is 0.767. The topological polar surface area (TPSA) is 27.0 Å². The molecule has 0 heterocycles. The van der Waals surface area contributed by atoms with Crippen LogP contribution in [0.4, 0.5) is 0 Å². The van der Waals surface area contributed by atoms with Crippen molar-refractivity contribution in [1.82, 2.24) is 4.90 Å². The molecule has 1 aromatic rings. The van der Waals surface area contributed by atoms with Crippen LogP contribution in [-0.2, 0) is 6.54 Å². The first-order chi connectivity index (χ1) is 9.20. The van der Waals surface area contributed by atoms with E-state index >= 15 is 0 Å². The first-order valence-electron chi connectivity index (χ1n) is 7.36. The Morgan fingerprint density at radius 2 is 1.84 bits per heavy atom. The summed E-state index contributed by atoms with van der Waals surface area (Å²) >= 11 is 0. The van der Waals surface area contributed by atoms with Crippen LogP contribution in [0.2, 0.25) is 0 Å². The summed E-state index contributed by atoms with van der Waals surface area (Å²) in [5.41, 5.74) is 2.64. The zero-order valence-electron chi connectivity index (χ0n) is 12.1. The molecule has 2 heteroatoms. The van der Waals surface area contributed by atoms with Gasteiger partial charge in [0.15, 0.2) is 0 Å². The molecule has 1 aliphatic carbocycles. The summed E-state index contributed by atoms with van der Waals surface area (Å²) in [5, 5.41) is 9.36. The molecule has 2 nitrogen and oxygen atoms in total.